The Hall–Kier alpha value is -3.16. The first-order valence-electron chi connectivity index (χ1n) is 11.8. The topological polar surface area (TPSA) is 84.9 Å². The lowest BCUT2D eigenvalue weighted by Crippen LogP contribution is -2.47. The van der Waals surface area contributed by atoms with Crippen LogP contribution >= 0.6 is 0 Å². The standard InChI is InChI=1S/C25H32N4O4/c1-3-33-25(31)20-5-4-12-29(16-20)24(30)19-10-13-28(14-11-19)23-15-22(26-17-27-23)18-6-8-21(32-2)9-7-18/h6-9,15,17,19-20H,3-5,10-14,16H2,1-2H3. The van der Waals surface area contributed by atoms with E-state index in [1.165, 1.54) is 0 Å². The fourth-order valence-corrected chi connectivity index (χ4v) is 4.68. The van der Waals surface area contributed by atoms with Gasteiger partial charge in [-0.2, -0.15) is 0 Å². The number of likely N-dealkylation sites (tertiary alicyclic amines) is 1. The Labute approximate surface area is 194 Å². The van der Waals surface area contributed by atoms with Crippen LogP contribution < -0.4 is 9.64 Å². The molecular weight excluding hydrogens is 420 g/mol. The number of esters is 1. The molecule has 1 unspecified atom stereocenters. The lowest BCUT2D eigenvalue weighted by molar-refractivity contribution is -0.152. The normalized spacial score (nSPS) is 19.3. The molecule has 176 valence electrons. The third-order valence-electron chi connectivity index (χ3n) is 6.56. The maximum Gasteiger partial charge on any atom is 0.310 e. The number of piperidine rings is 2. The summed E-state index contributed by atoms with van der Waals surface area (Å²) < 4.78 is 10.4. The minimum absolute atomic E-state index is 0.00917. The molecule has 1 atom stereocenters. The SMILES string of the molecule is CCOC(=O)C1CCCN(C(=O)C2CCN(c3cc(-c4ccc(OC)cc4)ncn3)CC2)C1. The number of hydrogen-bond acceptors (Lipinski definition) is 7. The van der Waals surface area contributed by atoms with Gasteiger partial charge >= 0.3 is 5.97 Å². The van der Waals surface area contributed by atoms with Gasteiger partial charge in [0, 0.05) is 43.7 Å². The zero-order valence-corrected chi connectivity index (χ0v) is 19.4. The number of hydrogen-bond donors (Lipinski definition) is 0. The molecule has 0 radical (unpaired) electrons. The molecule has 4 rings (SSSR count). The summed E-state index contributed by atoms with van der Waals surface area (Å²) in [6.07, 6.45) is 4.80. The number of amides is 1. The van der Waals surface area contributed by atoms with Crippen molar-refractivity contribution in [3.63, 3.8) is 0 Å². The third-order valence-corrected chi connectivity index (χ3v) is 6.56. The Morgan fingerprint density at radius 2 is 1.79 bits per heavy atom. The predicted molar refractivity (Wildman–Crippen MR) is 125 cm³/mol. The number of benzene rings is 1. The van der Waals surface area contributed by atoms with Gasteiger partial charge in [0.1, 0.15) is 17.9 Å². The second-order valence-corrected chi connectivity index (χ2v) is 8.63. The first-order valence-corrected chi connectivity index (χ1v) is 11.8. The monoisotopic (exact) mass is 452 g/mol. The number of carbonyl (C=O) groups is 2. The maximum atomic E-state index is 13.1. The van der Waals surface area contributed by atoms with Crippen molar-refractivity contribution in [3.05, 3.63) is 36.7 Å². The molecule has 1 amide bonds. The van der Waals surface area contributed by atoms with Crippen molar-refractivity contribution in [1.82, 2.24) is 14.9 Å². The van der Waals surface area contributed by atoms with Crippen LogP contribution in [0.5, 0.6) is 5.75 Å². The summed E-state index contributed by atoms with van der Waals surface area (Å²) in [6, 6.07) is 9.80. The fourth-order valence-electron chi connectivity index (χ4n) is 4.68. The minimum atomic E-state index is -0.194. The molecule has 1 aromatic heterocycles. The molecule has 0 saturated carbocycles. The molecule has 2 aromatic rings. The van der Waals surface area contributed by atoms with E-state index in [1.54, 1.807) is 13.4 Å². The van der Waals surface area contributed by atoms with Crippen LogP contribution in [0.4, 0.5) is 5.82 Å². The second kappa shape index (κ2) is 10.6. The molecule has 33 heavy (non-hydrogen) atoms. The largest absolute Gasteiger partial charge is 0.497 e. The number of rotatable bonds is 6. The molecule has 0 aliphatic carbocycles. The Morgan fingerprint density at radius 1 is 1.03 bits per heavy atom. The van der Waals surface area contributed by atoms with E-state index in [0.717, 1.165) is 68.1 Å². The smallest absolute Gasteiger partial charge is 0.310 e. The molecule has 3 heterocycles. The van der Waals surface area contributed by atoms with Gasteiger partial charge in [-0.1, -0.05) is 0 Å². The Kier molecular flexibility index (Phi) is 7.42. The number of ether oxygens (including phenoxy) is 2. The van der Waals surface area contributed by atoms with Gasteiger partial charge in [-0.3, -0.25) is 9.59 Å². The van der Waals surface area contributed by atoms with Crippen LogP contribution in [0.1, 0.15) is 32.6 Å². The third kappa shape index (κ3) is 5.43. The second-order valence-electron chi connectivity index (χ2n) is 8.63. The number of methoxy groups -OCH3 is 1. The quantitative estimate of drug-likeness (QED) is 0.623. The van der Waals surface area contributed by atoms with Crippen LogP contribution in [0.3, 0.4) is 0 Å². The van der Waals surface area contributed by atoms with E-state index in [2.05, 4.69) is 14.9 Å². The molecule has 1 aromatic carbocycles. The maximum absolute atomic E-state index is 13.1. The summed E-state index contributed by atoms with van der Waals surface area (Å²) in [4.78, 5) is 38.2. The van der Waals surface area contributed by atoms with Crippen LogP contribution in [0.15, 0.2) is 36.7 Å². The van der Waals surface area contributed by atoms with Crippen LogP contribution in [0, 0.1) is 11.8 Å². The molecule has 2 aliphatic heterocycles. The molecule has 8 heteroatoms. The van der Waals surface area contributed by atoms with E-state index in [-0.39, 0.29) is 23.7 Å². The van der Waals surface area contributed by atoms with Crippen LogP contribution in [-0.4, -0.2) is 66.6 Å². The molecule has 0 bridgehead atoms. The summed E-state index contributed by atoms with van der Waals surface area (Å²) in [5.41, 5.74) is 1.87. The highest BCUT2D eigenvalue weighted by Gasteiger charge is 2.34. The average molecular weight is 453 g/mol. The van der Waals surface area contributed by atoms with E-state index in [0.29, 0.717) is 13.2 Å². The minimum Gasteiger partial charge on any atom is -0.497 e. The van der Waals surface area contributed by atoms with Gasteiger partial charge < -0.3 is 19.3 Å². The van der Waals surface area contributed by atoms with E-state index in [9.17, 15) is 9.59 Å². The number of carbonyl (C=O) groups excluding carboxylic acids is 2. The van der Waals surface area contributed by atoms with Gasteiger partial charge in [0.2, 0.25) is 5.91 Å². The van der Waals surface area contributed by atoms with Crippen molar-refractivity contribution < 1.29 is 19.1 Å². The Balaban J connectivity index is 1.35. The van der Waals surface area contributed by atoms with Gasteiger partial charge in [0.05, 0.1) is 25.3 Å². The molecule has 0 spiro atoms. The van der Waals surface area contributed by atoms with Crippen molar-refractivity contribution in [3.8, 4) is 17.0 Å². The highest BCUT2D eigenvalue weighted by atomic mass is 16.5. The fraction of sp³-hybridized carbons (Fsp3) is 0.520. The molecular formula is C25H32N4O4. The molecule has 8 nitrogen and oxygen atoms in total. The molecule has 2 saturated heterocycles. The summed E-state index contributed by atoms with van der Waals surface area (Å²) in [6.45, 7) is 4.94. The van der Waals surface area contributed by atoms with E-state index >= 15 is 0 Å². The molecule has 2 fully saturated rings. The van der Waals surface area contributed by atoms with Crippen LogP contribution in [0.25, 0.3) is 11.3 Å². The van der Waals surface area contributed by atoms with E-state index in [1.807, 2.05) is 42.2 Å². The van der Waals surface area contributed by atoms with Gasteiger partial charge in [-0.25, -0.2) is 9.97 Å². The number of nitrogens with zero attached hydrogens (tertiary/aromatic N) is 4. The number of aromatic nitrogens is 2. The average Bonchev–Trinajstić information content (AvgIpc) is 2.89. The Bertz CT molecular complexity index is 957. The summed E-state index contributed by atoms with van der Waals surface area (Å²) >= 11 is 0. The highest BCUT2D eigenvalue weighted by Crippen LogP contribution is 2.28. The molecule has 0 N–H and O–H groups in total. The lowest BCUT2D eigenvalue weighted by atomic mass is 9.92. The first kappa shape index (κ1) is 23.0. The highest BCUT2D eigenvalue weighted by molar-refractivity contribution is 5.81. The van der Waals surface area contributed by atoms with Gasteiger partial charge in [0.15, 0.2) is 0 Å². The van der Waals surface area contributed by atoms with E-state index < -0.39 is 0 Å². The zero-order valence-electron chi connectivity index (χ0n) is 19.4. The Morgan fingerprint density at radius 3 is 2.48 bits per heavy atom. The van der Waals surface area contributed by atoms with Gasteiger partial charge in [0.25, 0.3) is 0 Å². The zero-order chi connectivity index (χ0) is 23.2. The lowest BCUT2D eigenvalue weighted by Gasteiger charge is -2.37. The first-order chi connectivity index (χ1) is 16.1. The van der Waals surface area contributed by atoms with Crippen molar-refractivity contribution in [2.75, 3.05) is 44.8 Å². The predicted octanol–water partition coefficient (Wildman–Crippen LogP) is 3.17. The van der Waals surface area contributed by atoms with Gasteiger partial charge in [-0.15, -0.1) is 0 Å². The van der Waals surface area contributed by atoms with Crippen LogP contribution in [-0.2, 0) is 14.3 Å². The summed E-state index contributed by atoms with van der Waals surface area (Å²) in [7, 11) is 1.65. The van der Waals surface area contributed by atoms with E-state index in [4.69, 9.17) is 9.47 Å². The molecule has 2 aliphatic rings. The summed E-state index contributed by atoms with van der Waals surface area (Å²) in [5.74, 6) is 1.47. The van der Waals surface area contributed by atoms with Crippen molar-refractivity contribution >= 4 is 17.7 Å². The van der Waals surface area contributed by atoms with Crippen LogP contribution in [0.2, 0.25) is 0 Å². The van der Waals surface area contributed by atoms with Gasteiger partial charge in [-0.05, 0) is 56.9 Å². The summed E-state index contributed by atoms with van der Waals surface area (Å²) in [5, 5.41) is 0. The number of anilines is 1. The van der Waals surface area contributed by atoms with Crippen molar-refractivity contribution in [2.45, 2.75) is 32.6 Å². The van der Waals surface area contributed by atoms with Crippen molar-refractivity contribution in [2.24, 2.45) is 11.8 Å². The van der Waals surface area contributed by atoms with Crippen molar-refractivity contribution in [1.29, 1.82) is 0 Å².